The summed E-state index contributed by atoms with van der Waals surface area (Å²) in [5.74, 6) is 0.151. The zero-order valence-corrected chi connectivity index (χ0v) is 8.50. The Morgan fingerprint density at radius 2 is 2.19 bits per heavy atom. The van der Waals surface area contributed by atoms with E-state index in [9.17, 15) is 4.79 Å². The molecule has 6 nitrogen and oxygen atoms in total. The first-order valence-electron chi connectivity index (χ1n) is 4.71. The number of hydrogen-bond donors (Lipinski definition) is 2. The van der Waals surface area contributed by atoms with Gasteiger partial charge in [-0.05, 0) is 12.1 Å². The minimum Gasteiger partial charge on any atom is -0.364 e. The third-order valence-corrected chi connectivity index (χ3v) is 2.17. The summed E-state index contributed by atoms with van der Waals surface area (Å²) in [5.41, 5.74) is 11.7. The number of hydrogen-bond acceptors (Lipinski definition) is 4. The second-order valence-electron chi connectivity index (χ2n) is 3.18. The second kappa shape index (κ2) is 4.11. The number of aromatic nitrogens is 3. The fraction of sp³-hybridized carbons (Fsp3) is 0.100. The molecule has 6 heteroatoms. The quantitative estimate of drug-likeness (QED) is 0.745. The summed E-state index contributed by atoms with van der Waals surface area (Å²) >= 11 is 0. The lowest BCUT2D eigenvalue weighted by Gasteiger charge is -2.06. The molecule has 2 aromatic heterocycles. The molecule has 2 rings (SSSR count). The van der Waals surface area contributed by atoms with Crippen molar-refractivity contribution in [2.75, 3.05) is 0 Å². The monoisotopic (exact) mass is 217 g/mol. The van der Waals surface area contributed by atoms with Crippen molar-refractivity contribution in [2.24, 2.45) is 11.5 Å². The van der Waals surface area contributed by atoms with Crippen LogP contribution >= 0.6 is 0 Å². The third-order valence-electron chi connectivity index (χ3n) is 2.17. The molecular weight excluding hydrogens is 206 g/mol. The summed E-state index contributed by atoms with van der Waals surface area (Å²) in [4.78, 5) is 18.9. The molecule has 2 aromatic rings. The van der Waals surface area contributed by atoms with Gasteiger partial charge in [-0.2, -0.15) is 0 Å². The molecule has 0 atom stereocenters. The molecule has 0 aliphatic carbocycles. The van der Waals surface area contributed by atoms with E-state index in [-0.39, 0.29) is 5.69 Å². The summed E-state index contributed by atoms with van der Waals surface area (Å²) in [6.45, 7) is 0.321. The molecule has 0 spiro atoms. The smallest absolute Gasteiger partial charge is 0.267 e. The fourth-order valence-electron chi connectivity index (χ4n) is 1.42. The predicted molar refractivity (Wildman–Crippen MR) is 57.8 cm³/mol. The Labute approximate surface area is 91.9 Å². The third kappa shape index (κ3) is 1.78. The molecule has 16 heavy (non-hydrogen) atoms. The minimum atomic E-state index is -0.559. The number of primary amides is 1. The first-order chi connectivity index (χ1) is 7.72. The van der Waals surface area contributed by atoms with Crippen LogP contribution in [0.25, 0.3) is 5.69 Å². The lowest BCUT2D eigenvalue weighted by molar-refractivity contribution is 0.0995. The number of rotatable bonds is 3. The Morgan fingerprint density at radius 3 is 2.88 bits per heavy atom. The highest BCUT2D eigenvalue weighted by Crippen LogP contribution is 2.10. The molecule has 0 saturated carbocycles. The molecule has 0 unspecified atom stereocenters. The Morgan fingerprint density at radius 1 is 1.38 bits per heavy atom. The van der Waals surface area contributed by atoms with Crippen molar-refractivity contribution in [3.05, 3.63) is 42.2 Å². The van der Waals surface area contributed by atoms with Gasteiger partial charge in [-0.1, -0.05) is 0 Å². The maximum Gasteiger partial charge on any atom is 0.267 e. The average Bonchev–Trinajstić information content (AvgIpc) is 2.77. The maximum atomic E-state index is 11.0. The number of carbonyl (C=O) groups excluding carboxylic acids is 1. The SMILES string of the molecule is NCc1nccn1-c1ccnc(C(N)=O)c1. The van der Waals surface area contributed by atoms with E-state index in [1.54, 1.807) is 29.1 Å². The molecule has 0 aromatic carbocycles. The highest BCUT2D eigenvalue weighted by atomic mass is 16.1. The average molecular weight is 217 g/mol. The first kappa shape index (κ1) is 10.3. The van der Waals surface area contributed by atoms with Crippen LogP contribution < -0.4 is 11.5 Å². The molecule has 0 aliphatic heterocycles. The zero-order valence-electron chi connectivity index (χ0n) is 8.50. The van der Waals surface area contributed by atoms with Crippen molar-refractivity contribution in [1.82, 2.24) is 14.5 Å². The van der Waals surface area contributed by atoms with E-state index in [1.807, 2.05) is 0 Å². The van der Waals surface area contributed by atoms with E-state index < -0.39 is 5.91 Å². The summed E-state index contributed by atoms with van der Waals surface area (Å²) in [6.07, 6.45) is 4.94. The van der Waals surface area contributed by atoms with Gasteiger partial charge < -0.3 is 16.0 Å². The highest BCUT2D eigenvalue weighted by Gasteiger charge is 2.06. The maximum absolute atomic E-state index is 11.0. The number of nitrogens with two attached hydrogens (primary N) is 2. The molecule has 0 saturated heterocycles. The Kier molecular flexibility index (Phi) is 2.65. The van der Waals surface area contributed by atoms with Gasteiger partial charge in [0.2, 0.25) is 0 Å². The summed E-state index contributed by atoms with van der Waals surface area (Å²) < 4.78 is 1.79. The molecule has 82 valence electrons. The fourth-order valence-corrected chi connectivity index (χ4v) is 1.42. The lowest BCUT2D eigenvalue weighted by atomic mass is 10.3. The van der Waals surface area contributed by atoms with Gasteiger partial charge in [0.05, 0.1) is 12.2 Å². The molecule has 1 amide bonds. The van der Waals surface area contributed by atoms with Crippen LogP contribution in [0.5, 0.6) is 0 Å². The van der Waals surface area contributed by atoms with E-state index >= 15 is 0 Å². The Bertz CT molecular complexity index is 519. The summed E-state index contributed by atoms with van der Waals surface area (Å²) in [5, 5.41) is 0. The number of carbonyl (C=O) groups is 1. The van der Waals surface area contributed by atoms with Gasteiger partial charge in [0.1, 0.15) is 11.5 Å². The van der Waals surface area contributed by atoms with E-state index in [0.29, 0.717) is 12.4 Å². The van der Waals surface area contributed by atoms with Crippen LogP contribution in [-0.2, 0) is 6.54 Å². The highest BCUT2D eigenvalue weighted by molar-refractivity contribution is 5.91. The van der Waals surface area contributed by atoms with Crippen LogP contribution in [-0.4, -0.2) is 20.4 Å². The van der Waals surface area contributed by atoms with Gasteiger partial charge in [-0.25, -0.2) is 4.98 Å². The van der Waals surface area contributed by atoms with E-state index in [1.165, 1.54) is 6.20 Å². The van der Waals surface area contributed by atoms with Crippen LogP contribution in [0.15, 0.2) is 30.7 Å². The number of amides is 1. The minimum absolute atomic E-state index is 0.217. The summed E-state index contributed by atoms with van der Waals surface area (Å²) in [6, 6.07) is 3.36. The van der Waals surface area contributed by atoms with Crippen molar-refractivity contribution in [1.29, 1.82) is 0 Å². The molecule has 2 heterocycles. The van der Waals surface area contributed by atoms with Crippen molar-refractivity contribution in [3.63, 3.8) is 0 Å². The number of nitrogens with zero attached hydrogens (tertiary/aromatic N) is 3. The zero-order chi connectivity index (χ0) is 11.5. The van der Waals surface area contributed by atoms with Crippen molar-refractivity contribution in [2.45, 2.75) is 6.54 Å². The molecule has 0 aliphatic rings. The Balaban J connectivity index is 2.48. The van der Waals surface area contributed by atoms with Crippen LogP contribution in [0.2, 0.25) is 0 Å². The molecule has 0 radical (unpaired) electrons. The van der Waals surface area contributed by atoms with Gasteiger partial charge in [0.25, 0.3) is 5.91 Å². The van der Waals surface area contributed by atoms with E-state index in [4.69, 9.17) is 11.5 Å². The van der Waals surface area contributed by atoms with Crippen molar-refractivity contribution >= 4 is 5.91 Å². The number of pyridine rings is 1. The van der Waals surface area contributed by atoms with Gasteiger partial charge in [-0.15, -0.1) is 0 Å². The van der Waals surface area contributed by atoms with Crippen LogP contribution in [0.3, 0.4) is 0 Å². The van der Waals surface area contributed by atoms with Crippen LogP contribution in [0.4, 0.5) is 0 Å². The topological polar surface area (TPSA) is 99.8 Å². The van der Waals surface area contributed by atoms with Crippen LogP contribution in [0.1, 0.15) is 16.3 Å². The van der Waals surface area contributed by atoms with Crippen molar-refractivity contribution in [3.8, 4) is 5.69 Å². The van der Waals surface area contributed by atoms with E-state index in [0.717, 1.165) is 5.69 Å². The second-order valence-corrected chi connectivity index (χ2v) is 3.18. The molecular formula is C10H11N5O. The molecule has 0 bridgehead atoms. The predicted octanol–water partition coefficient (Wildman–Crippen LogP) is -0.175. The van der Waals surface area contributed by atoms with Crippen LogP contribution in [0, 0.1) is 0 Å². The van der Waals surface area contributed by atoms with Crippen molar-refractivity contribution < 1.29 is 4.79 Å². The van der Waals surface area contributed by atoms with E-state index in [2.05, 4.69) is 9.97 Å². The standard InChI is InChI=1S/C10H11N5O/c11-6-9-14-3-4-15(9)7-1-2-13-8(5-7)10(12)16/h1-5H,6,11H2,(H2,12,16). The lowest BCUT2D eigenvalue weighted by Crippen LogP contribution is -2.14. The Hall–Kier alpha value is -2.21. The molecule has 4 N–H and O–H groups in total. The molecule has 0 fully saturated rings. The largest absolute Gasteiger partial charge is 0.364 e. The van der Waals surface area contributed by atoms with Gasteiger partial charge >= 0.3 is 0 Å². The number of imidazole rings is 1. The first-order valence-corrected chi connectivity index (χ1v) is 4.71. The van der Waals surface area contributed by atoms with Gasteiger partial charge in [0, 0.05) is 18.6 Å². The van der Waals surface area contributed by atoms with Gasteiger partial charge in [0.15, 0.2) is 0 Å². The normalized spacial score (nSPS) is 10.3. The van der Waals surface area contributed by atoms with Gasteiger partial charge in [-0.3, -0.25) is 9.78 Å². The summed E-state index contributed by atoms with van der Waals surface area (Å²) in [7, 11) is 0.